The zero-order valence-corrected chi connectivity index (χ0v) is 10.9. The minimum Gasteiger partial charge on any atom is -0.322 e. The molecule has 1 atom stereocenters. The van der Waals surface area contributed by atoms with Crippen molar-refractivity contribution < 1.29 is 8.78 Å². The van der Waals surface area contributed by atoms with Crippen LogP contribution in [0.1, 0.15) is 24.5 Å². The van der Waals surface area contributed by atoms with Gasteiger partial charge in [0, 0.05) is 11.6 Å². The Labute approximate surface area is 109 Å². The summed E-state index contributed by atoms with van der Waals surface area (Å²) in [5.74, 6) is -1.17. The molecule has 2 N–H and O–H groups in total. The van der Waals surface area contributed by atoms with Gasteiger partial charge >= 0.3 is 0 Å². The molecule has 0 aliphatic rings. The van der Waals surface area contributed by atoms with Gasteiger partial charge in [0.05, 0.1) is 0 Å². The van der Waals surface area contributed by atoms with E-state index in [1.165, 1.54) is 17.7 Å². The molecule has 0 radical (unpaired) electrons. The Kier molecular flexibility index (Phi) is 3.78. The van der Waals surface area contributed by atoms with Crippen molar-refractivity contribution in [1.29, 1.82) is 0 Å². The molecule has 0 aliphatic heterocycles. The maximum Gasteiger partial charge on any atom is 0.126 e. The molecular formula is C14H15F2NS. The summed E-state index contributed by atoms with van der Waals surface area (Å²) in [7, 11) is 0. The Balaban J connectivity index is 2.14. The number of hydrogen-bond acceptors (Lipinski definition) is 2. The summed E-state index contributed by atoms with van der Waals surface area (Å²) in [4.78, 5) is 0. The molecule has 1 aromatic heterocycles. The highest BCUT2D eigenvalue weighted by Gasteiger charge is 2.22. The van der Waals surface area contributed by atoms with Crippen molar-refractivity contribution in [3.63, 3.8) is 0 Å². The van der Waals surface area contributed by atoms with Gasteiger partial charge in [-0.05, 0) is 59.9 Å². The molecule has 96 valence electrons. The average molecular weight is 267 g/mol. The van der Waals surface area contributed by atoms with Crippen LogP contribution in [0.25, 0.3) is 0 Å². The molecule has 0 saturated heterocycles. The molecule has 0 saturated carbocycles. The first kappa shape index (κ1) is 13.2. The Morgan fingerprint density at radius 1 is 1.22 bits per heavy atom. The van der Waals surface area contributed by atoms with Crippen LogP contribution in [0, 0.1) is 11.6 Å². The fourth-order valence-electron chi connectivity index (χ4n) is 1.87. The van der Waals surface area contributed by atoms with Crippen LogP contribution < -0.4 is 5.73 Å². The van der Waals surface area contributed by atoms with E-state index in [0.717, 1.165) is 12.5 Å². The molecule has 2 rings (SSSR count). The standard InChI is InChI=1S/C14H15F2NS/c1-14(17,4-2-10-3-5-18-9-10)11-6-12(15)8-13(16)7-11/h3,5-9H,2,4,17H2,1H3. The second-order valence-electron chi connectivity index (χ2n) is 4.71. The van der Waals surface area contributed by atoms with Crippen molar-refractivity contribution >= 4 is 11.3 Å². The molecule has 18 heavy (non-hydrogen) atoms. The smallest absolute Gasteiger partial charge is 0.126 e. The van der Waals surface area contributed by atoms with E-state index >= 15 is 0 Å². The second kappa shape index (κ2) is 5.16. The van der Waals surface area contributed by atoms with Crippen molar-refractivity contribution in [2.75, 3.05) is 0 Å². The average Bonchev–Trinajstić information content (AvgIpc) is 2.78. The third-order valence-electron chi connectivity index (χ3n) is 3.04. The lowest BCUT2D eigenvalue weighted by Gasteiger charge is -2.25. The molecule has 0 bridgehead atoms. The van der Waals surface area contributed by atoms with E-state index in [2.05, 4.69) is 5.38 Å². The Morgan fingerprint density at radius 2 is 1.89 bits per heavy atom. The number of hydrogen-bond donors (Lipinski definition) is 1. The number of rotatable bonds is 4. The third kappa shape index (κ3) is 3.15. The maximum absolute atomic E-state index is 13.2. The second-order valence-corrected chi connectivity index (χ2v) is 5.49. The zero-order valence-electron chi connectivity index (χ0n) is 10.1. The fraction of sp³-hybridized carbons (Fsp3) is 0.286. The van der Waals surface area contributed by atoms with Crippen LogP contribution in [-0.4, -0.2) is 0 Å². The van der Waals surface area contributed by atoms with E-state index in [1.807, 2.05) is 11.4 Å². The molecule has 0 aliphatic carbocycles. The van der Waals surface area contributed by atoms with Gasteiger partial charge in [-0.2, -0.15) is 11.3 Å². The number of nitrogens with two attached hydrogens (primary N) is 1. The van der Waals surface area contributed by atoms with Crippen LogP contribution in [0.5, 0.6) is 0 Å². The molecule has 1 heterocycles. The van der Waals surface area contributed by atoms with Crippen LogP contribution in [-0.2, 0) is 12.0 Å². The van der Waals surface area contributed by atoms with E-state index in [0.29, 0.717) is 12.0 Å². The molecule has 0 fully saturated rings. The summed E-state index contributed by atoms with van der Waals surface area (Å²) < 4.78 is 26.4. The quantitative estimate of drug-likeness (QED) is 0.895. The summed E-state index contributed by atoms with van der Waals surface area (Å²) in [6.45, 7) is 1.80. The molecular weight excluding hydrogens is 252 g/mol. The van der Waals surface area contributed by atoms with E-state index in [4.69, 9.17) is 5.73 Å². The van der Waals surface area contributed by atoms with Crippen LogP contribution in [0.3, 0.4) is 0 Å². The summed E-state index contributed by atoms with van der Waals surface area (Å²) in [6.07, 6.45) is 1.45. The topological polar surface area (TPSA) is 26.0 Å². The van der Waals surface area contributed by atoms with Gasteiger partial charge in [-0.1, -0.05) is 0 Å². The van der Waals surface area contributed by atoms with Gasteiger partial charge < -0.3 is 5.73 Å². The molecule has 1 unspecified atom stereocenters. The predicted octanol–water partition coefficient (Wildman–Crippen LogP) is 3.83. The van der Waals surface area contributed by atoms with E-state index in [-0.39, 0.29) is 0 Å². The van der Waals surface area contributed by atoms with Gasteiger partial charge in [-0.25, -0.2) is 8.78 Å². The highest BCUT2D eigenvalue weighted by Crippen LogP contribution is 2.25. The molecule has 1 aromatic carbocycles. The highest BCUT2D eigenvalue weighted by atomic mass is 32.1. The van der Waals surface area contributed by atoms with Crippen molar-refractivity contribution in [2.45, 2.75) is 25.3 Å². The first-order valence-electron chi connectivity index (χ1n) is 5.74. The number of halogens is 2. The Morgan fingerprint density at radius 3 is 2.44 bits per heavy atom. The first-order valence-corrected chi connectivity index (χ1v) is 6.68. The number of thiophene rings is 1. The Hall–Kier alpha value is -1.26. The Bertz CT molecular complexity index is 500. The van der Waals surface area contributed by atoms with Crippen molar-refractivity contribution in [3.05, 3.63) is 57.8 Å². The predicted molar refractivity (Wildman–Crippen MR) is 70.5 cm³/mol. The number of benzene rings is 1. The minimum atomic E-state index is -0.731. The first-order chi connectivity index (χ1) is 8.47. The van der Waals surface area contributed by atoms with Crippen molar-refractivity contribution in [2.24, 2.45) is 5.73 Å². The molecule has 0 amide bonds. The molecule has 2 aromatic rings. The van der Waals surface area contributed by atoms with Gasteiger partial charge in [0.25, 0.3) is 0 Å². The van der Waals surface area contributed by atoms with Crippen LogP contribution >= 0.6 is 11.3 Å². The van der Waals surface area contributed by atoms with Gasteiger partial charge in [-0.15, -0.1) is 0 Å². The van der Waals surface area contributed by atoms with Crippen molar-refractivity contribution in [1.82, 2.24) is 0 Å². The maximum atomic E-state index is 13.2. The summed E-state index contributed by atoms with van der Waals surface area (Å²) >= 11 is 1.63. The van der Waals surface area contributed by atoms with E-state index in [9.17, 15) is 8.78 Å². The number of aryl methyl sites for hydroxylation is 1. The summed E-state index contributed by atoms with van der Waals surface area (Å²) in [5, 5.41) is 4.06. The largest absolute Gasteiger partial charge is 0.322 e. The van der Waals surface area contributed by atoms with Gasteiger partial charge in [0.1, 0.15) is 11.6 Å². The van der Waals surface area contributed by atoms with Gasteiger partial charge in [0.2, 0.25) is 0 Å². The van der Waals surface area contributed by atoms with Gasteiger partial charge in [0.15, 0.2) is 0 Å². The van der Waals surface area contributed by atoms with E-state index < -0.39 is 17.2 Å². The van der Waals surface area contributed by atoms with Crippen LogP contribution in [0.15, 0.2) is 35.0 Å². The van der Waals surface area contributed by atoms with Crippen LogP contribution in [0.2, 0.25) is 0 Å². The van der Waals surface area contributed by atoms with Crippen LogP contribution in [0.4, 0.5) is 8.78 Å². The minimum absolute atomic E-state index is 0.496. The third-order valence-corrected chi connectivity index (χ3v) is 3.77. The van der Waals surface area contributed by atoms with Gasteiger partial charge in [-0.3, -0.25) is 0 Å². The highest BCUT2D eigenvalue weighted by molar-refractivity contribution is 7.07. The molecule has 0 spiro atoms. The lowest BCUT2D eigenvalue weighted by molar-refractivity contribution is 0.445. The summed E-state index contributed by atoms with van der Waals surface area (Å²) in [6, 6.07) is 5.50. The SMILES string of the molecule is CC(N)(CCc1ccsc1)c1cc(F)cc(F)c1. The zero-order chi connectivity index (χ0) is 13.2. The lowest BCUT2D eigenvalue weighted by atomic mass is 9.87. The van der Waals surface area contributed by atoms with Crippen molar-refractivity contribution in [3.8, 4) is 0 Å². The summed E-state index contributed by atoms with van der Waals surface area (Å²) in [5.41, 5.74) is 7.13. The van der Waals surface area contributed by atoms with E-state index in [1.54, 1.807) is 18.3 Å². The fourth-order valence-corrected chi connectivity index (χ4v) is 2.57. The monoisotopic (exact) mass is 267 g/mol. The normalized spacial score (nSPS) is 14.4. The lowest BCUT2D eigenvalue weighted by Crippen LogP contribution is -2.33. The molecule has 1 nitrogen and oxygen atoms in total. The molecule has 4 heteroatoms.